The topological polar surface area (TPSA) is 51.7 Å². The van der Waals surface area contributed by atoms with Crippen LogP contribution in [0.15, 0.2) is 54.6 Å². The lowest BCUT2D eigenvalue weighted by Gasteiger charge is -2.42. The molecule has 3 heterocycles. The number of piperidine rings is 1. The fraction of sp³-hybridized carbons (Fsp3) is 0.543. The molecule has 2 saturated heterocycles. The molecule has 1 atom stereocenters. The van der Waals surface area contributed by atoms with Gasteiger partial charge in [0.2, 0.25) is 0 Å². The van der Waals surface area contributed by atoms with Crippen molar-refractivity contribution in [3.05, 3.63) is 65.7 Å². The Morgan fingerprint density at radius 3 is 2.29 bits per heavy atom. The van der Waals surface area contributed by atoms with Crippen molar-refractivity contribution in [2.75, 3.05) is 46.3 Å². The van der Waals surface area contributed by atoms with E-state index in [4.69, 9.17) is 4.98 Å². The van der Waals surface area contributed by atoms with Crippen LogP contribution in [-0.4, -0.2) is 84.0 Å². The Hall–Kier alpha value is -2.80. The zero-order chi connectivity index (χ0) is 28.2. The van der Waals surface area contributed by atoms with Crippen molar-refractivity contribution >= 4 is 16.8 Å². The van der Waals surface area contributed by atoms with E-state index in [-0.39, 0.29) is 11.9 Å². The molecule has 6 nitrogen and oxygen atoms in total. The molecule has 218 valence electrons. The van der Waals surface area contributed by atoms with Crippen molar-refractivity contribution in [3.8, 4) is 11.3 Å². The van der Waals surface area contributed by atoms with Crippen molar-refractivity contribution in [2.45, 2.75) is 70.5 Å². The van der Waals surface area contributed by atoms with Gasteiger partial charge < -0.3 is 10.2 Å². The van der Waals surface area contributed by atoms with Gasteiger partial charge in [0, 0.05) is 61.3 Å². The summed E-state index contributed by atoms with van der Waals surface area (Å²) >= 11 is 0. The molecule has 1 aromatic heterocycles. The van der Waals surface area contributed by atoms with Crippen LogP contribution < -0.4 is 5.32 Å². The Labute approximate surface area is 246 Å². The normalized spacial score (nSPS) is 21.2. The summed E-state index contributed by atoms with van der Waals surface area (Å²) in [5.41, 5.74) is 4.79. The van der Waals surface area contributed by atoms with E-state index in [1.807, 2.05) is 24.3 Å². The van der Waals surface area contributed by atoms with Crippen molar-refractivity contribution < 1.29 is 4.79 Å². The highest BCUT2D eigenvalue weighted by molar-refractivity contribution is 6.09. The molecule has 3 fully saturated rings. The third-order valence-corrected chi connectivity index (χ3v) is 9.98. The molecule has 3 aromatic rings. The maximum absolute atomic E-state index is 14.3. The van der Waals surface area contributed by atoms with Gasteiger partial charge in [-0.1, -0.05) is 67.8 Å². The average molecular weight is 554 g/mol. The van der Waals surface area contributed by atoms with E-state index in [2.05, 4.69) is 64.3 Å². The molecule has 1 aliphatic carbocycles. The summed E-state index contributed by atoms with van der Waals surface area (Å²) < 4.78 is 0. The van der Waals surface area contributed by atoms with Crippen molar-refractivity contribution in [1.82, 2.24) is 25.0 Å². The third-order valence-electron chi connectivity index (χ3n) is 9.98. The molecule has 6 rings (SSSR count). The fourth-order valence-corrected chi connectivity index (χ4v) is 7.40. The first-order valence-corrected chi connectivity index (χ1v) is 16.0. The van der Waals surface area contributed by atoms with Crippen molar-refractivity contribution in [1.29, 1.82) is 0 Å². The number of fused-ring (bicyclic) bond motifs is 1. The quantitative estimate of drug-likeness (QED) is 0.400. The smallest absolute Gasteiger partial charge is 0.252 e. The molecule has 0 unspecified atom stereocenters. The molecule has 41 heavy (non-hydrogen) atoms. The largest absolute Gasteiger partial charge is 0.349 e. The van der Waals surface area contributed by atoms with Gasteiger partial charge in [-0.15, -0.1) is 0 Å². The monoisotopic (exact) mass is 553 g/mol. The second-order valence-electron chi connectivity index (χ2n) is 12.7. The molecule has 0 radical (unpaired) electrons. The Bertz CT molecular complexity index is 1300. The first-order chi connectivity index (χ1) is 20.1. The number of hydrogen-bond donors (Lipinski definition) is 1. The first-order valence-electron chi connectivity index (χ1n) is 16.0. The molecule has 6 heteroatoms. The number of amides is 1. The fourth-order valence-electron chi connectivity index (χ4n) is 7.40. The van der Waals surface area contributed by atoms with Gasteiger partial charge in [-0.3, -0.25) is 14.6 Å². The number of pyridine rings is 1. The van der Waals surface area contributed by atoms with Gasteiger partial charge in [0.1, 0.15) is 0 Å². The van der Waals surface area contributed by atoms with Crippen LogP contribution in [0, 0.1) is 5.92 Å². The number of aromatic nitrogens is 1. The number of piperazine rings is 1. The highest BCUT2D eigenvalue weighted by atomic mass is 16.1. The third kappa shape index (κ3) is 6.50. The highest BCUT2D eigenvalue weighted by Gasteiger charge is 2.30. The summed E-state index contributed by atoms with van der Waals surface area (Å²) in [6.45, 7) is 9.57. The van der Waals surface area contributed by atoms with E-state index in [1.165, 1.54) is 58.0 Å². The maximum Gasteiger partial charge on any atom is 0.252 e. The number of benzene rings is 2. The van der Waals surface area contributed by atoms with Crippen LogP contribution >= 0.6 is 0 Å². The van der Waals surface area contributed by atoms with Gasteiger partial charge in [-0.2, -0.15) is 0 Å². The van der Waals surface area contributed by atoms with Crippen LogP contribution in [0.5, 0.6) is 0 Å². The molecular weight excluding hydrogens is 506 g/mol. The highest BCUT2D eigenvalue weighted by Crippen LogP contribution is 2.33. The predicted molar refractivity (Wildman–Crippen MR) is 168 cm³/mol. The van der Waals surface area contributed by atoms with Crippen molar-refractivity contribution in [2.24, 2.45) is 5.92 Å². The summed E-state index contributed by atoms with van der Waals surface area (Å²) in [4.78, 5) is 27.2. The SMILES string of the molecule is C[C@H](NC(=O)c1c(CN2CCN(C3CCN(C)CC3)CC2)c(-c2ccccc2)nc2ccccc12)C1CCCCC1. The average Bonchev–Trinajstić information content (AvgIpc) is 3.02. The summed E-state index contributed by atoms with van der Waals surface area (Å²) in [5, 5.41) is 4.43. The Morgan fingerprint density at radius 2 is 1.56 bits per heavy atom. The maximum atomic E-state index is 14.3. The van der Waals surface area contributed by atoms with Crippen LogP contribution in [0.1, 0.15) is 67.8 Å². The van der Waals surface area contributed by atoms with E-state index in [0.717, 1.165) is 66.0 Å². The van der Waals surface area contributed by atoms with Crippen LogP contribution in [-0.2, 0) is 6.54 Å². The number of hydrogen-bond acceptors (Lipinski definition) is 5. The molecule has 2 aromatic carbocycles. The Kier molecular flexibility index (Phi) is 8.99. The van der Waals surface area contributed by atoms with E-state index >= 15 is 0 Å². The first kappa shape index (κ1) is 28.3. The van der Waals surface area contributed by atoms with Gasteiger partial charge in [-0.05, 0) is 64.7 Å². The molecule has 1 N–H and O–H groups in total. The van der Waals surface area contributed by atoms with Gasteiger partial charge in [0.15, 0.2) is 0 Å². The second kappa shape index (κ2) is 13.0. The molecule has 3 aliphatic rings. The summed E-state index contributed by atoms with van der Waals surface area (Å²) in [7, 11) is 2.24. The van der Waals surface area contributed by atoms with E-state index in [9.17, 15) is 4.79 Å². The lowest BCUT2D eigenvalue weighted by atomic mass is 9.84. The van der Waals surface area contributed by atoms with Gasteiger partial charge in [0.25, 0.3) is 5.91 Å². The lowest BCUT2D eigenvalue weighted by molar-refractivity contribution is 0.0617. The Morgan fingerprint density at radius 1 is 0.878 bits per heavy atom. The molecule has 2 aliphatic heterocycles. The van der Waals surface area contributed by atoms with Crippen LogP contribution in [0.25, 0.3) is 22.2 Å². The number of likely N-dealkylation sites (tertiary alicyclic amines) is 1. The molecule has 1 saturated carbocycles. The minimum atomic E-state index is 0.0545. The number of carbonyl (C=O) groups excluding carboxylic acids is 1. The van der Waals surface area contributed by atoms with Crippen LogP contribution in [0.3, 0.4) is 0 Å². The number of para-hydroxylation sites is 1. The molecular formula is C35H47N5O. The van der Waals surface area contributed by atoms with Gasteiger partial charge in [-0.25, -0.2) is 4.98 Å². The number of nitrogens with one attached hydrogen (secondary N) is 1. The van der Waals surface area contributed by atoms with Gasteiger partial charge in [0.05, 0.1) is 16.8 Å². The van der Waals surface area contributed by atoms with Crippen LogP contribution in [0.4, 0.5) is 0 Å². The minimum absolute atomic E-state index is 0.0545. The zero-order valence-electron chi connectivity index (χ0n) is 25.0. The van der Waals surface area contributed by atoms with E-state index in [0.29, 0.717) is 12.0 Å². The standard InChI is InChI=1S/C35H47N5O/c1-26(27-11-5-3-6-12-27)36-35(41)33-30-15-9-10-16-32(30)37-34(28-13-7-4-8-14-28)31(33)25-39-21-23-40(24-22-39)29-17-19-38(2)20-18-29/h4,7-10,13-16,26-27,29H,3,5-6,11-12,17-25H2,1-2H3,(H,36,41)/t26-/m0/s1. The number of nitrogens with zero attached hydrogens (tertiary/aromatic N) is 4. The van der Waals surface area contributed by atoms with Crippen LogP contribution in [0.2, 0.25) is 0 Å². The Balaban J connectivity index is 1.31. The van der Waals surface area contributed by atoms with E-state index in [1.54, 1.807) is 0 Å². The summed E-state index contributed by atoms with van der Waals surface area (Å²) in [6.07, 6.45) is 8.83. The number of carbonyl (C=O) groups is 1. The predicted octanol–water partition coefficient (Wildman–Crippen LogP) is 5.81. The van der Waals surface area contributed by atoms with Crippen molar-refractivity contribution in [3.63, 3.8) is 0 Å². The minimum Gasteiger partial charge on any atom is -0.349 e. The molecule has 0 spiro atoms. The number of rotatable bonds is 7. The molecule has 1 amide bonds. The summed E-state index contributed by atoms with van der Waals surface area (Å²) in [5.74, 6) is 0.615. The zero-order valence-corrected chi connectivity index (χ0v) is 25.0. The summed E-state index contributed by atoms with van der Waals surface area (Å²) in [6, 6.07) is 19.5. The lowest BCUT2D eigenvalue weighted by Crippen LogP contribution is -2.52. The van der Waals surface area contributed by atoms with E-state index < -0.39 is 0 Å². The van der Waals surface area contributed by atoms with Gasteiger partial charge >= 0.3 is 0 Å². The molecule has 0 bridgehead atoms. The second-order valence-corrected chi connectivity index (χ2v) is 12.7.